The monoisotopic (exact) mass is 432 g/mol. The van der Waals surface area contributed by atoms with E-state index in [-0.39, 0.29) is 5.82 Å². The summed E-state index contributed by atoms with van der Waals surface area (Å²) in [5, 5.41) is 2.14. The Morgan fingerprint density at radius 1 is 0.893 bits per heavy atom. The number of halogens is 1. The first-order valence-corrected chi connectivity index (χ1v) is 12.1. The third kappa shape index (κ3) is 6.27. The van der Waals surface area contributed by atoms with Crippen molar-refractivity contribution in [1.29, 1.82) is 0 Å². The van der Waals surface area contributed by atoms with Crippen LogP contribution in [0.5, 0.6) is 0 Å². The van der Waals surface area contributed by atoms with E-state index in [1.807, 2.05) is 35.6 Å². The summed E-state index contributed by atoms with van der Waals surface area (Å²) in [6, 6.07) is 19.9. The van der Waals surface area contributed by atoms with Crippen molar-refractivity contribution in [2.75, 3.05) is 37.3 Å². The van der Waals surface area contributed by atoms with E-state index < -0.39 is 0 Å². The van der Waals surface area contributed by atoms with Crippen LogP contribution in [-0.2, 0) is 0 Å². The van der Waals surface area contributed by atoms with E-state index >= 15 is 0 Å². The second-order valence-corrected chi connectivity index (χ2v) is 9.60. The molecular formula is C22H25FN2S3. The Bertz CT molecular complexity index is 829. The molecule has 28 heavy (non-hydrogen) atoms. The maximum atomic E-state index is 12.6. The lowest BCUT2D eigenvalue weighted by atomic mass is 10.2. The first-order chi connectivity index (χ1) is 13.7. The fraction of sp³-hybridized carbons (Fsp3) is 0.273. The van der Waals surface area contributed by atoms with Crippen molar-refractivity contribution in [3.63, 3.8) is 0 Å². The van der Waals surface area contributed by atoms with Crippen LogP contribution in [0.15, 0.2) is 75.1 Å². The molecule has 3 aromatic rings. The Balaban J connectivity index is 0.000000211. The van der Waals surface area contributed by atoms with Gasteiger partial charge in [-0.2, -0.15) is 0 Å². The molecule has 2 heterocycles. The maximum absolute atomic E-state index is 12.6. The van der Waals surface area contributed by atoms with E-state index in [9.17, 15) is 4.39 Å². The van der Waals surface area contributed by atoms with Crippen LogP contribution >= 0.6 is 35.0 Å². The largest absolute Gasteiger partial charge is 0.369 e. The lowest BCUT2D eigenvalue weighted by Crippen LogP contribution is -2.43. The van der Waals surface area contributed by atoms with Crippen LogP contribution in [0.4, 0.5) is 10.1 Å². The van der Waals surface area contributed by atoms with Gasteiger partial charge in [-0.15, -0.1) is 23.1 Å². The van der Waals surface area contributed by atoms with Gasteiger partial charge in [0.25, 0.3) is 0 Å². The number of piperazine rings is 1. The highest BCUT2D eigenvalue weighted by Gasteiger charge is 2.18. The summed E-state index contributed by atoms with van der Waals surface area (Å²) in [6.45, 7) is 6.61. The molecule has 148 valence electrons. The van der Waals surface area contributed by atoms with Gasteiger partial charge in [0, 0.05) is 36.8 Å². The van der Waals surface area contributed by atoms with Crippen LogP contribution in [0.1, 0.15) is 5.56 Å². The normalized spacial score (nSPS) is 14.5. The molecule has 0 atom stereocenters. The van der Waals surface area contributed by atoms with E-state index in [0.29, 0.717) is 4.90 Å². The molecule has 0 unspecified atom stereocenters. The van der Waals surface area contributed by atoms with E-state index in [4.69, 9.17) is 0 Å². The van der Waals surface area contributed by atoms with Gasteiger partial charge in [-0.1, -0.05) is 35.9 Å². The average Bonchev–Trinajstić information content (AvgIpc) is 3.23. The molecule has 1 aromatic heterocycles. The highest BCUT2D eigenvalue weighted by Crippen LogP contribution is 2.28. The molecule has 0 N–H and O–H groups in total. The Morgan fingerprint density at radius 3 is 2.18 bits per heavy atom. The van der Waals surface area contributed by atoms with Gasteiger partial charge >= 0.3 is 0 Å². The van der Waals surface area contributed by atoms with E-state index in [1.165, 1.54) is 33.3 Å². The number of aryl methyl sites for hydroxylation is 1. The van der Waals surface area contributed by atoms with Gasteiger partial charge in [0.2, 0.25) is 0 Å². The number of hydrogen-bond acceptors (Lipinski definition) is 5. The number of anilines is 1. The minimum absolute atomic E-state index is 0.134. The van der Waals surface area contributed by atoms with Crippen molar-refractivity contribution >= 4 is 40.7 Å². The Hall–Kier alpha value is -1.47. The average molecular weight is 433 g/mol. The van der Waals surface area contributed by atoms with Crippen molar-refractivity contribution in [2.45, 2.75) is 16.0 Å². The fourth-order valence-electron chi connectivity index (χ4n) is 2.85. The van der Waals surface area contributed by atoms with Crippen LogP contribution in [-0.4, -0.2) is 36.7 Å². The Morgan fingerprint density at radius 2 is 1.61 bits per heavy atom. The predicted molar refractivity (Wildman–Crippen MR) is 123 cm³/mol. The molecule has 0 saturated carbocycles. The van der Waals surface area contributed by atoms with Crippen molar-refractivity contribution in [3.8, 4) is 0 Å². The predicted octanol–water partition coefficient (Wildman–Crippen LogP) is 6.43. The third-order valence-corrected chi connectivity index (χ3v) is 7.29. The minimum Gasteiger partial charge on any atom is -0.369 e. The first kappa shape index (κ1) is 21.2. The second kappa shape index (κ2) is 10.9. The third-order valence-electron chi connectivity index (χ3n) is 4.41. The highest BCUT2D eigenvalue weighted by atomic mass is 32.2. The molecule has 1 saturated heterocycles. The van der Waals surface area contributed by atoms with Gasteiger partial charge < -0.3 is 4.90 Å². The Labute approximate surface area is 179 Å². The number of rotatable bonds is 4. The molecular weight excluding hydrogens is 407 g/mol. The summed E-state index contributed by atoms with van der Waals surface area (Å²) >= 11 is 5.14. The lowest BCUT2D eigenvalue weighted by Gasteiger charge is -2.35. The molecule has 2 aromatic carbocycles. The highest BCUT2D eigenvalue weighted by molar-refractivity contribution is 7.99. The molecule has 6 heteroatoms. The zero-order chi connectivity index (χ0) is 19.8. The molecule has 0 bridgehead atoms. The lowest BCUT2D eigenvalue weighted by molar-refractivity contribution is 0.430. The Kier molecular flexibility index (Phi) is 8.27. The quantitative estimate of drug-likeness (QED) is 0.346. The molecule has 1 fully saturated rings. The number of nitrogens with zero attached hydrogens (tertiary/aromatic N) is 2. The van der Waals surface area contributed by atoms with Crippen LogP contribution in [0.2, 0.25) is 0 Å². The second-order valence-electron chi connectivity index (χ2n) is 6.41. The number of thiophene rings is 1. The zero-order valence-electron chi connectivity index (χ0n) is 16.2. The van der Waals surface area contributed by atoms with Gasteiger partial charge in [0.05, 0.1) is 4.21 Å². The summed E-state index contributed by atoms with van der Waals surface area (Å²) < 4.78 is 16.4. The first-order valence-electron chi connectivity index (χ1n) is 9.22. The standard InChI is InChI=1S/C15H18N2S2.C7H7FS/c1-13-4-6-14(7-5-13)16-8-10-17(11-9-16)19-15-3-2-12-18-15;1-9-7-5-3-2-4-6(7)8/h2-7,12H,8-11H2,1H3;2-5H,1H3. The number of thioether (sulfide) groups is 1. The van der Waals surface area contributed by atoms with Gasteiger partial charge in [0.1, 0.15) is 5.82 Å². The van der Waals surface area contributed by atoms with Gasteiger partial charge in [-0.05, 0) is 60.8 Å². The topological polar surface area (TPSA) is 6.48 Å². The number of hydrogen-bond donors (Lipinski definition) is 0. The van der Waals surface area contributed by atoms with E-state index in [1.54, 1.807) is 12.1 Å². The van der Waals surface area contributed by atoms with Gasteiger partial charge in [0.15, 0.2) is 0 Å². The smallest absolute Gasteiger partial charge is 0.136 e. The fourth-order valence-corrected chi connectivity index (χ4v) is 5.17. The van der Waals surface area contributed by atoms with E-state index in [2.05, 4.69) is 57.9 Å². The summed E-state index contributed by atoms with van der Waals surface area (Å²) in [7, 11) is 0. The van der Waals surface area contributed by atoms with Crippen molar-refractivity contribution in [2.24, 2.45) is 0 Å². The van der Waals surface area contributed by atoms with E-state index in [0.717, 1.165) is 26.2 Å². The molecule has 2 nitrogen and oxygen atoms in total. The molecule has 1 aliphatic heterocycles. The summed E-state index contributed by atoms with van der Waals surface area (Å²) in [6.07, 6.45) is 1.86. The summed E-state index contributed by atoms with van der Waals surface area (Å²) in [4.78, 5) is 3.18. The molecule has 0 aliphatic carbocycles. The van der Waals surface area contributed by atoms with Gasteiger partial charge in [-0.3, -0.25) is 0 Å². The van der Waals surface area contributed by atoms with Crippen molar-refractivity contribution in [3.05, 3.63) is 77.4 Å². The van der Waals surface area contributed by atoms with Crippen molar-refractivity contribution in [1.82, 2.24) is 4.31 Å². The van der Waals surface area contributed by atoms with Crippen LogP contribution < -0.4 is 4.90 Å². The summed E-state index contributed by atoms with van der Waals surface area (Å²) in [5.74, 6) is -0.134. The molecule has 4 rings (SSSR count). The molecule has 0 radical (unpaired) electrons. The van der Waals surface area contributed by atoms with Crippen molar-refractivity contribution < 1.29 is 4.39 Å². The molecule has 1 aliphatic rings. The van der Waals surface area contributed by atoms with Gasteiger partial charge in [-0.25, -0.2) is 8.70 Å². The number of benzene rings is 2. The van der Waals surface area contributed by atoms with Crippen LogP contribution in [0.25, 0.3) is 0 Å². The maximum Gasteiger partial charge on any atom is 0.136 e. The minimum atomic E-state index is -0.134. The zero-order valence-corrected chi connectivity index (χ0v) is 18.6. The van der Waals surface area contributed by atoms with Crippen LogP contribution in [0.3, 0.4) is 0 Å². The SMILES string of the molecule is CSc1ccccc1F.Cc1ccc(N2CCN(Sc3cccs3)CC2)cc1. The molecule has 0 amide bonds. The van der Waals surface area contributed by atoms with Crippen LogP contribution in [0, 0.1) is 12.7 Å². The molecule has 0 spiro atoms. The summed E-state index contributed by atoms with van der Waals surface area (Å²) in [5.41, 5.74) is 2.68.